The van der Waals surface area contributed by atoms with Gasteiger partial charge >= 0.3 is 0 Å². The first kappa shape index (κ1) is 23.3. The zero-order chi connectivity index (χ0) is 20.7. The lowest BCUT2D eigenvalue weighted by molar-refractivity contribution is -0.175. The van der Waals surface area contributed by atoms with Crippen LogP contribution in [0.5, 0.6) is 0 Å². The summed E-state index contributed by atoms with van der Waals surface area (Å²) in [5.41, 5.74) is 0. The SMILES string of the molecule is CC1(C)O[C@H]([C@H]2COC(C)(C)O2)[C@@H]([C@@H](CC#CBr)O[Si](C)(C)C(C)(C)C)O1. The minimum Gasteiger partial charge on any atom is -0.410 e. The van der Waals surface area contributed by atoms with E-state index < -0.39 is 19.9 Å². The van der Waals surface area contributed by atoms with Crippen molar-refractivity contribution in [1.29, 1.82) is 0 Å². The Morgan fingerprint density at radius 1 is 1.11 bits per heavy atom. The summed E-state index contributed by atoms with van der Waals surface area (Å²) in [7, 11) is -2.02. The van der Waals surface area contributed by atoms with Crippen molar-refractivity contribution >= 4 is 24.2 Å². The lowest BCUT2D eigenvalue weighted by Crippen LogP contribution is -2.51. The molecule has 2 heterocycles. The molecule has 4 atom stereocenters. The second-order valence-electron chi connectivity index (χ2n) is 9.82. The molecule has 0 spiro atoms. The smallest absolute Gasteiger partial charge is 0.192 e. The van der Waals surface area contributed by atoms with E-state index in [0.717, 1.165) is 0 Å². The number of rotatable bonds is 5. The van der Waals surface area contributed by atoms with Crippen LogP contribution in [0.25, 0.3) is 0 Å². The molecule has 7 heteroatoms. The zero-order valence-corrected chi connectivity index (χ0v) is 20.7. The molecule has 2 fully saturated rings. The Balaban J connectivity index is 2.28. The third-order valence-corrected chi connectivity index (χ3v) is 10.3. The van der Waals surface area contributed by atoms with E-state index in [0.29, 0.717) is 13.0 Å². The molecule has 0 saturated carbocycles. The molecular formula is C20H35BrO5Si. The standard InChI is InChI=1S/C20H35BrO5Si/c1-18(2,3)27(8,9)26-14(11-10-12-21)16-17(25-20(6,7)24-16)15-13-22-19(4,5)23-15/h14-17H,11,13H2,1-9H3/t14-,15-,16-,17-/m1/s1. The van der Waals surface area contributed by atoms with Gasteiger partial charge in [0.05, 0.1) is 12.7 Å². The molecular weight excluding hydrogens is 428 g/mol. The summed E-state index contributed by atoms with van der Waals surface area (Å²) in [6.07, 6.45) is -0.377. The monoisotopic (exact) mass is 462 g/mol. The molecule has 0 N–H and O–H groups in total. The third-order valence-electron chi connectivity index (χ3n) is 5.55. The van der Waals surface area contributed by atoms with Crippen molar-refractivity contribution in [1.82, 2.24) is 0 Å². The minimum absolute atomic E-state index is 0.0898. The highest BCUT2D eigenvalue weighted by molar-refractivity contribution is 9.12. The normalized spacial score (nSPS) is 31.4. The van der Waals surface area contributed by atoms with Gasteiger partial charge in [-0.25, -0.2) is 0 Å². The molecule has 0 unspecified atom stereocenters. The van der Waals surface area contributed by atoms with Crippen molar-refractivity contribution in [3.8, 4) is 10.8 Å². The van der Waals surface area contributed by atoms with Crippen LogP contribution in [0, 0.1) is 10.8 Å². The number of hydrogen-bond acceptors (Lipinski definition) is 5. The molecule has 0 aromatic rings. The van der Waals surface area contributed by atoms with Gasteiger partial charge in [-0.1, -0.05) is 26.7 Å². The maximum absolute atomic E-state index is 6.74. The van der Waals surface area contributed by atoms with Crippen LogP contribution in [0.4, 0.5) is 0 Å². The third kappa shape index (κ3) is 5.78. The van der Waals surface area contributed by atoms with Gasteiger partial charge in [-0.2, -0.15) is 0 Å². The number of halogens is 1. The summed E-state index contributed by atoms with van der Waals surface area (Å²) in [5.74, 6) is 1.79. The fourth-order valence-corrected chi connectivity index (χ4v) is 4.68. The predicted molar refractivity (Wildman–Crippen MR) is 112 cm³/mol. The summed E-state index contributed by atoms with van der Waals surface area (Å²) in [6, 6.07) is 0. The molecule has 2 aliphatic rings. The van der Waals surface area contributed by atoms with Gasteiger partial charge in [0.1, 0.15) is 18.3 Å². The minimum atomic E-state index is -2.02. The molecule has 0 bridgehead atoms. The molecule has 156 valence electrons. The van der Waals surface area contributed by atoms with Gasteiger partial charge in [0.25, 0.3) is 0 Å². The largest absolute Gasteiger partial charge is 0.410 e. The summed E-state index contributed by atoms with van der Waals surface area (Å²) >= 11 is 3.20. The van der Waals surface area contributed by atoms with Crippen LogP contribution in [-0.4, -0.2) is 50.9 Å². The quantitative estimate of drug-likeness (QED) is 0.433. The molecule has 0 radical (unpaired) electrons. The van der Waals surface area contributed by atoms with E-state index in [9.17, 15) is 0 Å². The lowest BCUT2D eigenvalue weighted by atomic mass is 10.0. The van der Waals surface area contributed by atoms with Crippen molar-refractivity contribution in [2.45, 2.75) is 109 Å². The topological polar surface area (TPSA) is 46.2 Å². The van der Waals surface area contributed by atoms with E-state index in [-0.39, 0.29) is 29.5 Å². The second kappa shape index (κ2) is 8.06. The van der Waals surface area contributed by atoms with Gasteiger partial charge < -0.3 is 23.4 Å². The van der Waals surface area contributed by atoms with Crippen molar-refractivity contribution in [2.75, 3.05) is 6.61 Å². The molecule has 27 heavy (non-hydrogen) atoms. The molecule has 0 amide bonds. The number of hydrogen-bond donors (Lipinski definition) is 0. The highest BCUT2D eigenvalue weighted by atomic mass is 79.9. The van der Waals surface area contributed by atoms with Gasteiger partial charge in [0.2, 0.25) is 0 Å². The van der Waals surface area contributed by atoms with Crippen molar-refractivity contribution in [2.24, 2.45) is 0 Å². The average Bonchev–Trinajstić information content (AvgIpc) is 3.01. The van der Waals surface area contributed by atoms with Gasteiger partial charge in [0, 0.05) is 22.4 Å². The van der Waals surface area contributed by atoms with Crippen LogP contribution in [-0.2, 0) is 23.4 Å². The Bertz CT molecular complexity index is 587. The van der Waals surface area contributed by atoms with Gasteiger partial charge in [0.15, 0.2) is 19.9 Å². The van der Waals surface area contributed by atoms with E-state index in [4.69, 9.17) is 23.4 Å². The zero-order valence-electron chi connectivity index (χ0n) is 18.1. The number of ether oxygens (including phenoxy) is 4. The van der Waals surface area contributed by atoms with Gasteiger partial charge in [-0.3, -0.25) is 0 Å². The van der Waals surface area contributed by atoms with E-state index in [1.807, 2.05) is 27.7 Å². The van der Waals surface area contributed by atoms with E-state index >= 15 is 0 Å². The molecule has 0 aromatic carbocycles. The van der Waals surface area contributed by atoms with Crippen LogP contribution in [0.3, 0.4) is 0 Å². The molecule has 2 aliphatic heterocycles. The molecule has 0 aromatic heterocycles. The molecule has 0 aliphatic carbocycles. The Hall–Kier alpha value is 0.0569. The van der Waals surface area contributed by atoms with E-state index in [1.54, 1.807) is 0 Å². The van der Waals surface area contributed by atoms with Crippen LogP contribution >= 0.6 is 15.9 Å². The van der Waals surface area contributed by atoms with Crippen LogP contribution in [0.15, 0.2) is 0 Å². The first-order valence-electron chi connectivity index (χ1n) is 9.61. The van der Waals surface area contributed by atoms with Crippen molar-refractivity contribution in [3.63, 3.8) is 0 Å². The van der Waals surface area contributed by atoms with E-state index in [2.05, 4.69) is 60.5 Å². The first-order valence-corrected chi connectivity index (χ1v) is 13.3. The Labute approximate surface area is 174 Å². The summed E-state index contributed by atoms with van der Waals surface area (Å²) in [5, 5.41) is 0.0898. The highest BCUT2D eigenvalue weighted by Crippen LogP contribution is 2.42. The second-order valence-corrected chi connectivity index (χ2v) is 15.0. The maximum atomic E-state index is 6.74. The predicted octanol–water partition coefficient (Wildman–Crippen LogP) is 4.79. The first-order chi connectivity index (χ1) is 12.2. The Morgan fingerprint density at radius 2 is 1.74 bits per heavy atom. The van der Waals surface area contributed by atoms with Gasteiger partial charge in [-0.15, -0.1) is 0 Å². The van der Waals surface area contributed by atoms with E-state index in [1.165, 1.54) is 0 Å². The van der Waals surface area contributed by atoms with Crippen LogP contribution in [0.2, 0.25) is 18.1 Å². The van der Waals surface area contributed by atoms with Crippen LogP contribution < -0.4 is 0 Å². The Morgan fingerprint density at radius 3 is 2.22 bits per heavy atom. The summed E-state index contributed by atoms with van der Waals surface area (Å²) in [6.45, 7) is 19.4. The fourth-order valence-electron chi connectivity index (χ4n) is 3.19. The average molecular weight is 463 g/mol. The van der Waals surface area contributed by atoms with Crippen LogP contribution in [0.1, 0.15) is 54.9 Å². The fraction of sp³-hybridized carbons (Fsp3) is 0.900. The lowest BCUT2D eigenvalue weighted by Gasteiger charge is -2.41. The Kier molecular flexibility index (Phi) is 6.97. The summed E-state index contributed by atoms with van der Waals surface area (Å²) < 4.78 is 31.2. The highest BCUT2D eigenvalue weighted by Gasteiger charge is 2.53. The summed E-state index contributed by atoms with van der Waals surface area (Å²) in [4.78, 5) is 2.81. The van der Waals surface area contributed by atoms with Gasteiger partial charge in [-0.05, 0) is 50.7 Å². The molecule has 2 rings (SSSR count). The van der Waals surface area contributed by atoms with Crippen molar-refractivity contribution < 1.29 is 23.4 Å². The van der Waals surface area contributed by atoms with Crippen molar-refractivity contribution in [3.05, 3.63) is 0 Å². The molecule has 5 nitrogen and oxygen atoms in total. The maximum Gasteiger partial charge on any atom is 0.192 e. The molecule has 2 saturated heterocycles.